The molecule has 0 aliphatic carbocycles. The Morgan fingerprint density at radius 1 is 0.976 bits per heavy atom. The van der Waals surface area contributed by atoms with Crippen molar-refractivity contribution < 1.29 is 24.5 Å². The predicted molar refractivity (Wildman–Crippen MR) is 157 cm³/mol. The lowest BCUT2D eigenvalue weighted by Crippen LogP contribution is -2.15. The molecular formula is C33H28ClN2O5+. The molecule has 0 amide bonds. The van der Waals surface area contributed by atoms with Gasteiger partial charge in [-0.05, 0) is 59.0 Å². The number of hydrogen-bond acceptors (Lipinski definition) is 5. The summed E-state index contributed by atoms with van der Waals surface area (Å²) in [5, 5.41) is 27.9. The number of ether oxygens (including phenoxy) is 2. The molecule has 0 aliphatic heterocycles. The van der Waals surface area contributed by atoms with Crippen molar-refractivity contribution in [2.24, 2.45) is 5.92 Å². The molecule has 1 atom stereocenters. The number of carbonyl (C=O) groups is 1. The van der Waals surface area contributed by atoms with Crippen LogP contribution in [0.2, 0.25) is 5.02 Å². The number of aliphatic carboxylic acids is 1. The summed E-state index contributed by atoms with van der Waals surface area (Å²) in [5.41, 5.74) is 6.20. The minimum atomic E-state index is -1.24. The number of nitriles is 1. The van der Waals surface area contributed by atoms with Gasteiger partial charge in [0.1, 0.15) is 24.0 Å². The molecule has 0 aliphatic rings. The van der Waals surface area contributed by atoms with Gasteiger partial charge in [-0.15, -0.1) is 0 Å². The van der Waals surface area contributed by atoms with Crippen LogP contribution in [0.15, 0.2) is 84.9 Å². The molecule has 0 saturated carbocycles. The van der Waals surface area contributed by atoms with E-state index in [2.05, 4.69) is 42.1 Å². The molecule has 0 spiro atoms. The third-order valence-corrected chi connectivity index (χ3v) is 6.83. The van der Waals surface area contributed by atoms with Gasteiger partial charge in [-0.25, -0.2) is 0 Å². The fourth-order valence-corrected chi connectivity index (χ4v) is 4.49. The molecule has 8 heteroatoms. The maximum absolute atomic E-state index is 11.2. The Bertz CT molecular complexity index is 1640. The second-order valence-corrected chi connectivity index (χ2v) is 9.61. The number of halogens is 1. The molecule has 7 nitrogen and oxygen atoms in total. The van der Waals surface area contributed by atoms with Crippen LogP contribution in [0.25, 0.3) is 16.0 Å². The van der Waals surface area contributed by atoms with E-state index >= 15 is 0 Å². The number of carboxylic acids is 1. The fourth-order valence-electron chi connectivity index (χ4n) is 4.20. The third-order valence-electron chi connectivity index (χ3n) is 6.47. The van der Waals surface area contributed by atoms with E-state index in [9.17, 15) is 15.2 Å². The van der Waals surface area contributed by atoms with Gasteiger partial charge >= 0.3 is 5.97 Å². The van der Waals surface area contributed by atoms with Gasteiger partial charge in [0.25, 0.3) is 12.6 Å². The standard InChI is InChI=1S/C33H27ClN2O5/c1-22-27(11-6-12-29(22)25-9-3-2-4-10-25)21-40-30-14-13-26(17-36-18-28(19-37)33(38)39)32(31(30)34)41-20-24-8-5-7-23(15-24)16-35/h2-15,28,37H,17,19-21H2,1H3/p+1. The summed E-state index contributed by atoms with van der Waals surface area (Å²) in [7, 11) is 0. The van der Waals surface area contributed by atoms with Gasteiger partial charge in [0.05, 0.1) is 23.8 Å². The van der Waals surface area contributed by atoms with Crippen LogP contribution >= 0.6 is 11.6 Å². The number of carboxylic acid groups (broad SMARTS) is 1. The summed E-state index contributed by atoms with van der Waals surface area (Å²) < 4.78 is 12.3. The highest BCUT2D eigenvalue weighted by atomic mass is 35.5. The largest absolute Gasteiger partial charge is 0.487 e. The lowest BCUT2D eigenvalue weighted by molar-refractivity contribution is -0.140. The van der Waals surface area contributed by atoms with Crippen LogP contribution in [-0.2, 0) is 24.6 Å². The summed E-state index contributed by atoms with van der Waals surface area (Å²) in [4.78, 5) is 15.3. The lowest BCUT2D eigenvalue weighted by Gasteiger charge is -2.16. The van der Waals surface area contributed by atoms with Gasteiger partial charge in [-0.1, -0.05) is 77.1 Å². The van der Waals surface area contributed by atoms with Crippen molar-refractivity contribution in [3.05, 3.63) is 123 Å². The van der Waals surface area contributed by atoms with Crippen LogP contribution in [-0.4, -0.2) is 22.8 Å². The van der Waals surface area contributed by atoms with Gasteiger partial charge < -0.3 is 19.7 Å². The number of rotatable bonds is 10. The average molecular weight is 568 g/mol. The first-order valence-corrected chi connectivity index (χ1v) is 13.2. The molecule has 206 valence electrons. The molecule has 0 radical (unpaired) electrons. The SMILES string of the molecule is Cc1c(COc2ccc(C[N+]#CC(CO)C(=O)O)c(OCc3cccc(C#N)c3)c2Cl)cccc1-c1ccccc1. The monoisotopic (exact) mass is 567 g/mol. The normalized spacial score (nSPS) is 11.1. The van der Waals surface area contributed by atoms with E-state index in [4.69, 9.17) is 26.2 Å². The van der Waals surface area contributed by atoms with Gasteiger partial charge in [-0.2, -0.15) is 5.26 Å². The highest BCUT2D eigenvalue weighted by Gasteiger charge is 2.21. The van der Waals surface area contributed by atoms with Crippen LogP contribution < -0.4 is 9.47 Å². The third kappa shape index (κ3) is 7.43. The number of nitrogens with zero attached hydrogens (tertiary/aromatic N) is 2. The molecule has 4 aromatic carbocycles. The first-order valence-electron chi connectivity index (χ1n) is 12.9. The number of aliphatic hydroxyl groups is 1. The summed E-state index contributed by atoms with van der Waals surface area (Å²) >= 11 is 6.79. The van der Waals surface area contributed by atoms with E-state index in [1.807, 2.05) is 36.4 Å². The molecule has 0 fully saturated rings. The Morgan fingerprint density at radius 2 is 1.76 bits per heavy atom. The predicted octanol–water partition coefficient (Wildman–Crippen LogP) is 6.87. The molecule has 4 rings (SSSR count). The Kier molecular flexibility index (Phi) is 9.96. The van der Waals surface area contributed by atoms with E-state index < -0.39 is 18.5 Å². The molecule has 0 bridgehead atoms. The summed E-state index contributed by atoms with van der Waals surface area (Å²) in [6, 6.07) is 31.3. The van der Waals surface area contributed by atoms with E-state index in [1.54, 1.807) is 30.3 Å². The zero-order valence-electron chi connectivity index (χ0n) is 22.4. The Morgan fingerprint density at radius 3 is 2.49 bits per heavy atom. The van der Waals surface area contributed by atoms with Crippen LogP contribution in [0.1, 0.15) is 27.8 Å². The summed E-state index contributed by atoms with van der Waals surface area (Å²) in [6.45, 7) is 1.87. The van der Waals surface area contributed by atoms with Gasteiger partial charge in [0.2, 0.25) is 5.92 Å². The van der Waals surface area contributed by atoms with Crippen LogP contribution in [0.5, 0.6) is 11.5 Å². The maximum Gasteiger partial charge on any atom is 0.327 e. The van der Waals surface area contributed by atoms with Gasteiger partial charge in [0, 0.05) is 0 Å². The van der Waals surface area contributed by atoms with Gasteiger partial charge in [0.15, 0.2) is 5.75 Å². The summed E-state index contributed by atoms with van der Waals surface area (Å²) in [6.07, 6.45) is 0. The molecule has 2 N–H and O–H groups in total. The highest BCUT2D eigenvalue weighted by Crippen LogP contribution is 2.39. The zero-order valence-corrected chi connectivity index (χ0v) is 23.1. The Balaban J connectivity index is 1.60. The highest BCUT2D eigenvalue weighted by molar-refractivity contribution is 6.33. The molecule has 0 saturated heterocycles. The van der Waals surface area contributed by atoms with E-state index in [1.165, 1.54) is 0 Å². The fraction of sp³-hybridized carbons (Fsp3) is 0.182. The number of benzene rings is 4. The van der Waals surface area contributed by atoms with Crippen LogP contribution in [0.3, 0.4) is 0 Å². The number of aliphatic hydroxyl groups excluding tert-OH is 1. The van der Waals surface area contributed by atoms with Crippen molar-refractivity contribution in [1.82, 2.24) is 0 Å². The molecule has 0 aromatic heterocycles. The molecule has 4 aromatic rings. The topological polar surface area (TPSA) is 104 Å². The van der Waals surface area contributed by atoms with Gasteiger partial charge in [-0.3, -0.25) is 4.79 Å². The molecule has 41 heavy (non-hydrogen) atoms. The van der Waals surface area contributed by atoms with Crippen molar-refractivity contribution in [2.45, 2.75) is 26.7 Å². The first kappa shape index (κ1) is 29.2. The smallest absolute Gasteiger partial charge is 0.327 e. The molecular weight excluding hydrogens is 540 g/mol. The van der Waals surface area contributed by atoms with Crippen LogP contribution in [0.4, 0.5) is 0 Å². The Hall–Kier alpha value is -4.82. The van der Waals surface area contributed by atoms with Crippen LogP contribution in [0, 0.1) is 30.2 Å². The number of hydrogen-bond donors (Lipinski definition) is 2. The summed E-state index contributed by atoms with van der Waals surface area (Å²) in [5.74, 6) is -1.73. The van der Waals surface area contributed by atoms with E-state index in [0.717, 1.165) is 27.8 Å². The second-order valence-electron chi connectivity index (χ2n) is 9.23. The Labute approximate surface area is 243 Å². The van der Waals surface area contributed by atoms with Crippen molar-refractivity contribution in [2.75, 3.05) is 6.61 Å². The molecule has 1 unspecified atom stereocenters. The van der Waals surface area contributed by atoms with Crippen molar-refractivity contribution in [3.8, 4) is 34.8 Å². The minimum absolute atomic E-state index is 0.0234. The quantitative estimate of drug-likeness (QED) is 0.217. The van der Waals surface area contributed by atoms with Crippen molar-refractivity contribution >= 4 is 17.6 Å². The second kappa shape index (κ2) is 14.0. The van der Waals surface area contributed by atoms with Crippen molar-refractivity contribution in [3.63, 3.8) is 0 Å². The van der Waals surface area contributed by atoms with E-state index in [-0.39, 0.29) is 24.8 Å². The molecule has 0 heterocycles. The van der Waals surface area contributed by atoms with E-state index in [0.29, 0.717) is 22.6 Å². The van der Waals surface area contributed by atoms with Crippen molar-refractivity contribution in [1.29, 1.82) is 5.26 Å². The lowest BCUT2D eigenvalue weighted by atomic mass is 9.97. The maximum atomic E-state index is 11.2. The minimum Gasteiger partial charge on any atom is -0.487 e. The average Bonchev–Trinajstić information content (AvgIpc) is 2.99. The first-order chi connectivity index (χ1) is 19.9. The zero-order chi connectivity index (χ0) is 29.2.